The maximum Gasteiger partial charge on any atom is 0.312 e. The third kappa shape index (κ3) is 5.23. The summed E-state index contributed by atoms with van der Waals surface area (Å²) in [5, 5.41) is 2.61. The molecule has 0 fully saturated rings. The molecule has 0 bridgehead atoms. The number of pyridine rings is 1. The van der Waals surface area contributed by atoms with E-state index in [2.05, 4.69) is 9.97 Å². The van der Waals surface area contributed by atoms with Crippen molar-refractivity contribution >= 4 is 23.2 Å². The fourth-order valence-electron chi connectivity index (χ4n) is 2.69. The van der Waals surface area contributed by atoms with Crippen molar-refractivity contribution in [3.05, 3.63) is 71.5 Å². The van der Waals surface area contributed by atoms with Crippen molar-refractivity contribution in [1.29, 1.82) is 0 Å². The van der Waals surface area contributed by atoms with E-state index in [1.54, 1.807) is 31.3 Å². The van der Waals surface area contributed by atoms with Gasteiger partial charge in [-0.25, -0.2) is 4.98 Å². The SMILES string of the molecule is C[C@H](OC(=O)Cc1csc(-c2cccnc2)n1)C(=O)N(C)Cc1ccccc1. The van der Waals surface area contributed by atoms with E-state index in [1.807, 2.05) is 47.8 Å². The minimum Gasteiger partial charge on any atom is -0.452 e. The van der Waals surface area contributed by atoms with E-state index < -0.39 is 12.1 Å². The number of nitrogens with zero attached hydrogens (tertiary/aromatic N) is 3. The second-order valence-electron chi connectivity index (χ2n) is 6.37. The van der Waals surface area contributed by atoms with Gasteiger partial charge >= 0.3 is 5.97 Å². The van der Waals surface area contributed by atoms with E-state index in [4.69, 9.17) is 4.74 Å². The number of carbonyl (C=O) groups excluding carboxylic acids is 2. The number of esters is 1. The van der Waals surface area contributed by atoms with Crippen molar-refractivity contribution in [3.8, 4) is 10.6 Å². The molecule has 0 aliphatic heterocycles. The lowest BCUT2D eigenvalue weighted by molar-refractivity contribution is -0.158. The van der Waals surface area contributed by atoms with E-state index >= 15 is 0 Å². The molecule has 3 aromatic rings. The molecule has 144 valence electrons. The quantitative estimate of drug-likeness (QED) is 0.574. The summed E-state index contributed by atoms with van der Waals surface area (Å²) < 4.78 is 5.31. The Bertz CT molecular complexity index is 928. The number of ether oxygens (including phenoxy) is 1. The zero-order chi connectivity index (χ0) is 19.9. The van der Waals surface area contributed by atoms with E-state index in [0.29, 0.717) is 12.2 Å². The number of benzene rings is 1. The number of likely N-dealkylation sites (N-methyl/N-ethyl adjacent to an activating group) is 1. The van der Waals surface area contributed by atoms with Crippen molar-refractivity contribution in [3.63, 3.8) is 0 Å². The number of carbonyl (C=O) groups is 2. The summed E-state index contributed by atoms with van der Waals surface area (Å²) in [6, 6.07) is 13.4. The Morgan fingerprint density at radius 1 is 1.18 bits per heavy atom. The van der Waals surface area contributed by atoms with Gasteiger partial charge in [0.15, 0.2) is 6.10 Å². The van der Waals surface area contributed by atoms with Gasteiger partial charge < -0.3 is 9.64 Å². The van der Waals surface area contributed by atoms with Gasteiger partial charge in [0.05, 0.1) is 12.1 Å². The average Bonchev–Trinajstić information content (AvgIpc) is 3.17. The zero-order valence-corrected chi connectivity index (χ0v) is 16.6. The molecule has 0 saturated carbocycles. The van der Waals surface area contributed by atoms with Crippen LogP contribution in [-0.2, 0) is 27.3 Å². The average molecular weight is 395 g/mol. The minimum absolute atomic E-state index is 0.0246. The predicted molar refractivity (Wildman–Crippen MR) is 108 cm³/mol. The van der Waals surface area contributed by atoms with Crippen LogP contribution in [0.3, 0.4) is 0 Å². The summed E-state index contributed by atoms with van der Waals surface area (Å²) in [4.78, 5) is 34.7. The van der Waals surface area contributed by atoms with Gasteiger partial charge in [0.2, 0.25) is 0 Å². The van der Waals surface area contributed by atoms with Crippen LogP contribution in [0.4, 0.5) is 0 Å². The van der Waals surface area contributed by atoms with Gasteiger partial charge in [0.1, 0.15) is 5.01 Å². The first-order valence-electron chi connectivity index (χ1n) is 8.86. The first-order valence-corrected chi connectivity index (χ1v) is 9.74. The summed E-state index contributed by atoms with van der Waals surface area (Å²) in [7, 11) is 1.69. The summed E-state index contributed by atoms with van der Waals surface area (Å²) in [5.41, 5.74) is 2.53. The highest BCUT2D eigenvalue weighted by Crippen LogP contribution is 2.23. The Balaban J connectivity index is 1.52. The standard InChI is InChI=1S/C21H21N3O3S/c1-15(21(26)24(2)13-16-7-4-3-5-8-16)27-19(25)11-18-14-28-20(23-18)17-9-6-10-22-12-17/h3-10,12,14-15H,11,13H2,1-2H3/t15-/m0/s1. The topological polar surface area (TPSA) is 72.4 Å². The maximum absolute atomic E-state index is 12.5. The first kappa shape index (κ1) is 19.7. The molecule has 0 aliphatic carbocycles. The minimum atomic E-state index is -0.849. The molecule has 0 aliphatic rings. The summed E-state index contributed by atoms with van der Waals surface area (Å²) in [6.45, 7) is 2.05. The van der Waals surface area contributed by atoms with Crippen molar-refractivity contribution in [2.75, 3.05) is 7.05 Å². The molecule has 2 heterocycles. The Kier molecular flexibility index (Phi) is 6.49. The monoisotopic (exact) mass is 395 g/mol. The van der Waals surface area contributed by atoms with Crippen molar-refractivity contribution in [2.45, 2.75) is 26.0 Å². The van der Waals surface area contributed by atoms with Gasteiger partial charge in [-0.15, -0.1) is 11.3 Å². The molecule has 1 amide bonds. The Morgan fingerprint density at radius 2 is 1.96 bits per heavy atom. The van der Waals surface area contributed by atoms with Crippen molar-refractivity contribution in [1.82, 2.24) is 14.9 Å². The smallest absolute Gasteiger partial charge is 0.312 e. The molecule has 28 heavy (non-hydrogen) atoms. The molecule has 0 unspecified atom stereocenters. The van der Waals surface area contributed by atoms with Crippen LogP contribution >= 0.6 is 11.3 Å². The molecule has 1 aromatic carbocycles. The fourth-order valence-corrected chi connectivity index (χ4v) is 3.50. The molecular weight excluding hydrogens is 374 g/mol. The number of amides is 1. The number of thiazole rings is 1. The van der Waals surface area contributed by atoms with Gasteiger partial charge in [-0.1, -0.05) is 30.3 Å². The summed E-state index contributed by atoms with van der Waals surface area (Å²) >= 11 is 1.44. The van der Waals surface area contributed by atoms with Crippen LogP contribution in [0.5, 0.6) is 0 Å². The van der Waals surface area contributed by atoms with Crippen LogP contribution in [0.15, 0.2) is 60.2 Å². The highest BCUT2D eigenvalue weighted by molar-refractivity contribution is 7.13. The normalized spacial score (nSPS) is 11.6. The Morgan fingerprint density at radius 3 is 2.68 bits per heavy atom. The second-order valence-corrected chi connectivity index (χ2v) is 7.23. The number of rotatable bonds is 7. The second kappa shape index (κ2) is 9.23. The summed E-state index contributed by atoms with van der Waals surface area (Å²) in [6.07, 6.45) is 2.60. The van der Waals surface area contributed by atoms with Gasteiger partial charge in [0, 0.05) is 36.9 Å². The van der Waals surface area contributed by atoms with Crippen LogP contribution in [0.1, 0.15) is 18.2 Å². The molecule has 0 N–H and O–H groups in total. The highest BCUT2D eigenvalue weighted by atomic mass is 32.1. The van der Waals surface area contributed by atoms with Crippen LogP contribution in [-0.4, -0.2) is 39.9 Å². The molecule has 3 rings (SSSR count). The number of aromatic nitrogens is 2. The van der Waals surface area contributed by atoms with Crippen LogP contribution < -0.4 is 0 Å². The van der Waals surface area contributed by atoms with Gasteiger partial charge in [0.25, 0.3) is 5.91 Å². The van der Waals surface area contributed by atoms with Crippen LogP contribution in [0, 0.1) is 0 Å². The number of hydrogen-bond acceptors (Lipinski definition) is 6. The molecular formula is C21H21N3O3S. The third-order valence-corrected chi connectivity index (χ3v) is 5.02. The lowest BCUT2D eigenvalue weighted by atomic mass is 10.2. The lowest BCUT2D eigenvalue weighted by Crippen LogP contribution is -2.37. The van der Waals surface area contributed by atoms with E-state index in [0.717, 1.165) is 16.1 Å². The number of hydrogen-bond donors (Lipinski definition) is 0. The molecule has 0 radical (unpaired) electrons. The molecule has 1 atom stereocenters. The predicted octanol–water partition coefficient (Wildman–Crippen LogP) is 3.34. The molecule has 7 heteroatoms. The molecule has 2 aromatic heterocycles. The van der Waals surface area contributed by atoms with Gasteiger partial charge in [-0.3, -0.25) is 14.6 Å². The Labute approximate surface area is 167 Å². The third-order valence-electron chi connectivity index (χ3n) is 4.08. The van der Waals surface area contributed by atoms with Crippen LogP contribution in [0.25, 0.3) is 10.6 Å². The van der Waals surface area contributed by atoms with Crippen molar-refractivity contribution < 1.29 is 14.3 Å². The summed E-state index contributed by atoms with van der Waals surface area (Å²) in [5.74, 6) is -0.719. The maximum atomic E-state index is 12.5. The van der Waals surface area contributed by atoms with Crippen molar-refractivity contribution in [2.24, 2.45) is 0 Å². The molecule has 0 saturated heterocycles. The first-order chi connectivity index (χ1) is 13.5. The highest BCUT2D eigenvalue weighted by Gasteiger charge is 2.22. The largest absolute Gasteiger partial charge is 0.452 e. The van der Waals surface area contributed by atoms with Gasteiger partial charge in [-0.05, 0) is 24.6 Å². The molecule has 0 spiro atoms. The Hall–Kier alpha value is -3.06. The zero-order valence-electron chi connectivity index (χ0n) is 15.7. The van der Waals surface area contributed by atoms with Gasteiger partial charge in [-0.2, -0.15) is 0 Å². The van der Waals surface area contributed by atoms with E-state index in [9.17, 15) is 9.59 Å². The fraction of sp³-hybridized carbons (Fsp3) is 0.238. The van der Waals surface area contributed by atoms with E-state index in [-0.39, 0.29) is 12.3 Å². The van der Waals surface area contributed by atoms with Crippen LogP contribution in [0.2, 0.25) is 0 Å². The lowest BCUT2D eigenvalue weighted by Gasteiger charge is -2.21. The molecule has 6 nitrogen and oxygen atoms in total. The van der Waals surface area contributed by atoms with E-state index in [1.165, 1.54) is 11.3 Å².